The topological polar surface area (TPSA) is 41.6 Å². The van der Waals surface area contributed by atoms with Gasteiger partial charge in [-0.2, -0.15) is 0 Å². The Labute approximate surface area is 149 Å². The van der Waals surface area contributed by atoms with E-state index in [-0.39, 0.29) is 18.1 Å². The number of nitrogens with one attached hydrogen (secondary N) is 1. The predicted molar refractivity (Wildman–Crippen MR) is 100 cm³/mol. The third-order valence-corrected chi connectivity index (χ3v) is 4.86. The molecule has 0 aliphatic carbocycles. The van der Waals surface area contributed by atoms with Crippen molar-refractivity contribution in [2.75, 3.05) is 26.7 Å². The Morgan fingerprint density at radius 2 is 1.76 bits per heavy atom. The number of likely N-dealkylation sites (tertiary alicyclic amines) is 1. The van der Waals surface area contributed by atoms with Gasteiger partial charge in [-0.15, -0.1) is 0 Å². The number of benzene rings is 2. The van der Waals surface area contributed by atoms with E-state index in [0.29, 0.717) is 6.42 Å². The average Bonchev–Trinajstić information content (AvgIpc) is 3.05. The minimum absolute atomic E-state index is 0.0532. The number of hydrogen-bond donors (Lipinski definition) is 1. The summed E-state index contributed by atoms with van der Waals surface area (Å²) >= 11 is 0. The van der Waals surface area contributed by atoms with Crippen LogP contribution in [0.5, 0.6) is 0 Å². The van der Waals surface area contributed by atoms with E-state index in [0.717, 1.165) is 25.2 Å². The highest BCUT2D eigenvalue weighted by Gasteiger charge is 2.32. The quantitative estimate of drug-likeness (QED) is 0.880. The zero-order chi connectivity index (χ0) is 17.6. The summed E-state index contributed by atoms with van der Waals surface area (Å²) < 4.78 is 5.52. The van der Waals surface area contributed by atoms with Gasteiger partial charge in [0.2, 0.25) is 5.91 Å². The summed E-state index contributed by atoms with van der Waals surface area (Å²) in [5.74, 6) is 0.0532. The van der Waals surface area contributed by atoms with Crippen LogP contribution < -0.4 is 5.32 Å². The first kappa shape index (κ1) is 17.6. The van der Waals surface area contributed by atoms with Gasteiger partial charge in [0.05, 0.1) is 18.6 Å². The summed E-state index contributed by atoms with van der Waals surface area (Å²) in [5.41, 5.74) is 3.38. The highest BCUT2D eigenvalue weighted by atomic mass is 16.5. The minimum Gasteiger partial charge on any atom is -0.378 e. The fourth-order valence-electron chi connectivity index (χ4n) is 3.38. The third-order valence-electron chi connectivity index (χ3n) is 4.86. The molecule has 0 bridgehead atoms. The molecule has 1 N–H and O–H groups in total. The van der Waals surface area contributed by atoms with E-state index in [9.17, 15) is 4.79 Å². The van der Waals surface area contributed by atoms with Crippen molar-refractivity contribution in [1.29, 1.82) is 0 Å². The third kappa shape index (κ3) is 4.47. The molecule has 0 spiro atoms. The number of carbonyl (C=O) groups excluding carboxylic acids is 1. The van der Waals surface area contributed by atoms with Crippen LogP contribution in [0.1, 0.15) is 12.5 Å². The highest BCUT2D eigenvalue weighted by Crippen LogP contribution is 2.19. The lowest BCUT2D eigenvalue weighted by Crippen LogP contribution is -2.44. The Morgan fingerprint density at radius 3 is 2.40 bits per heavy atom. The van der Waals surface area contributed by atoms with Crippen LogP contribution in [-0.4, -0.2) is 49.7 Å². The number of nitrogens with zero attached hydrogens (tertiary/aromatic N) is 1. The molecule has 0 aromatic heterocycles. The van der Waals surface area contributed by atoms with Crippen molar-refractivity contribution >= 4 is 5.91 Å². The lowest BCUT2D eigenvalue weighted by atomic mass is 10.0. The second kappa shape index (κ2) is 8.28. The van der Waals surface area contributed by atoms with Gasteiger partial charge in [0, 0.05) is 20.2 Å². The molecule has 3 rings (SSSR count). The summed E-state index contributed by atoms with van der Waals surface area (Å²) in [6.45, 7) is 4.84. The van der Waals surface area contributed by atoms with Crippen LogP contribution in [0.25, 0.3) is 11.1 Å². The van der Waals surface area contributed by atoms with Crippen LogP contribution in [0.2, 0.25) is 0 Å². The second-order valence-electron chi connectivity index (χ2n) is 6.54. The molecule has 2 aromatic carbocycles. The summed E-state index contributed by atoms with van der Waals surface area (Å²) in [6, 6.07) is 18.5. The molecule has 1 fully saturated rings. The molecule has 1 saturated heterocycles. The molecule has 0 saturated carbocycles. The maximum atomic E-state index is 12.4. The second-order valence-corrected chi connectivity index (χ2v) is 6.54. The van der Waals surface area contributed by atoms with Gasteiger partial charge in [-0.1, -0.05) is 61.5 Å². The van der Waals surface area contributed by atoms with E-state index in [1.807, 2.05) is 30.3 Å². The zero-order valence-electron chi connectivity index (χ0n) is 14.9. The number of hydrogen-bond acceptors (Lipinski definition) is 3. The van der Waals surface area contributed by atoms with Crippen LogP contribution in [0, 0.1) is 0 Å². The van der Waals surface area contributed by atoms with Crippen LogP contribution in [0.3, 0.4) is 0 Å². The molecule has 0 radical (unpaired) electrons. The standard InChI is InChI=1S/C21H26N2O2/c1-3-23-14-19(20(15-23)25-2)22-21(24)13-16-9-11-18(12-10-16)17-7-5-4-6-8-17/h4-12,19-20H,3,13-15H2,1-2H3,(H,22,24)/t19-,20-/m0/s1. The van der Waals surface area contributed by atoms with E-state index in [2.05, 4.69) is 41.4 Å². The molecule has 4 heteroatoms. The SMILES string of the molecule is CCN1C[C@H](NC(=O)Cc2ccc(-c3ccccc3)cc2)[C@@H](OC)C1. The number of amides is 1. The van der Waals surface area contributed by atoms with Crippen LogP contribution in [0.15, 0.2) is 54.6 Å². The molecule has 25 heavy (non-hydrogen) atoms. The van der Waals surface area contributed by atoms with Crippen molar-refractivity contribution in [3.63, 3.8) is 0 Å². The summed E-state index contributed by atoms with van der Waals surface area (Å²) in [4.78, 5) is 14.7. The summed E-state index contributed by atoms with van der Waals surface area (Å²) in [5, 5.41) is 3.13. The van der Waals surface area contributed by atoms with Crippen molar-refractivity contribution in [3.8, 4) is 11.1 Å². The molecule has 4 nitrogen and oxygen atoms in total. The summed E-state index contributed by atoms with van der Waals surface area (Å²) in [7, 11) is 1.71. The Hall–Kier alpha value is -2.17. The molecule has 1 heterocycles. The number of methoxy groups -OCH3 is 1. The van der Waals surface area contributed by atoms with E-state index >= 15 is 0 Å². The van der Waals surface area contributed by atoms with Gasteiger partial charge in [0.1, 0.15) is 0 Å². The largest absolute Gasteiger partial charge is 0.378 e. The molecule has 132 valence electrons. The molecule has 1 aliphatic rings. The van der Waals surface area contributed by atoms with Crippen LogP contribution in [0.4, 0.5) is 0 Å². The smallest absolute Gasteiger partial charge is 0.224 e. The van der Waals surface area contributed by atoms with Crippen molar-refractivity contribution in [2.24, 2.45) is 0 Å². The number of rotatable bonds is 6. The maximum absolute atomic E-state index is 12.4. The first-order valence-electron chi connectivity index (χ1n) is 8.88. The van der Waals surface area contributed by atoms with Crippen molar-refractivity contribution in [1.82, 2.24) is 10.2 Å². The minimum atomic E-state index is 0.0532. The Morgan fingerprint density at radius 1 is 1.08 bits per heavy atom. The van der Waals surface area contributed by atoms with Crippen molar-refractivity contribution in [3.05, 3.63) is 60.2 Å². The number of ether oxygens (including phenoxy) is 1. The van der Waals surface area contributed by atoms with E-state index in [4.69, 9.17) is 4.74 Å². The lowest BCUT2D eigenvalue weighted by molar-refractivity contribution is -0.121. The van der Waals surface area contributed by atoms with Crippen molar-refractivity contribution in [2.45, 2.75) is 25.5 Å². The summed E-state index contributed by atoms with van der Waals surface area (Å²) in [6.07, 6.45) is 0.470. The van der Waals surface area contributed by atoms with Gasteiger partial charge >= 0.3 is 0 Å². The van der Waals surface area contributed by atoms with Crippen LogP contribution >= 0.6 is 0 Å². The monoisotopic (exact) mass is 338 g/mol. The van der Waals surface area contributed by atoms with E-state index in [1.165, 1.54) is 11.1 Å². The van der Waals surface area contributed by atoms with Gasteiger partial charge in [0.25, 0.3) is 0 Å². The van der Waals surface area contributed by atoms with Gasteiger partial charge in [-0.3, -0.25) is 9.69 Å². The van der Waals surface area contributed by atoms with E-state index < -0.39 is 0 Å². The average molecular weight is 338 g/mol. The Bertz CT molecular complexity index is 685. The van der Waals surface area contributed by atoms with Gasteiger partial charge in [-0.25, -0.2) is 0 Å². The molecular weight excluding hydrogens is 312 g/mol. The zero-order valence-corrected chi connectivity index (χ0v) is 14.9. The molecule has 2 atom stereocenters. The normalized spacial score (nSPS) is 20.6. The fraction of sp³-hybridized carbons (Fsp3) is 0.381. The lowest BCUT2D eigenvalue weighted by Gasteiger charge is -2.18. The number of carbonyl (C=O) groups is 1. The van der Waals surface area contributed by atoms with E-state index in [1.54, 1.807) is 7.11 Å². The fourth-order valence-corrected chi connectivity index (χ4v) is 3.38. The highest BCUT2D eigenvalue weighted by molar-refractivity contribution is 5.79. The predicted octanol–water partition coefficient (Wildman–Crippen LogP) is 2.73. The Balaban J connectivity index is 1.58. The molecule has 1 aliphatic heterocycles. The van der Waals surface area contributed by atoms with Gasteiger partial charge in [-0.05, 0) is 23.2 Å². The molecular formula is C21H26N2O2. The maximum Gasteiger partial charge on any atom is 0.224 e. The molecule has 2 aromatic rings. The van der Waals surface area contributed by atoms with Gasteiger partial charge < -0.3 is 10.1 Å². The Kier molecular flexibility index (Phi) is 5.84. The van der Waals surface area contributed by atoms with Gasteiger partial charge in [0.15, 0.2) is 0 Å². The first-order valence-corrected chi connectivity index (χ1v) is 8.88. The molecule has 0 unspecified atom stereocenters. The van der Waals surface area contributed by atoms with Crippen molar-refractivity contribution < 1.29 is 9.53 Å². The molecule has 1 amide bonds. The van der Waals surface area contributed by atoms with Crippen LogP contribution in [-0.2, 0) is 16.0 Å². The number of likely N-dealkylation sites (N-methyl/N-ethyl adjacent to an activating group) is 1. The first-order chi connectivity index (χ1) is 12.2.